The highest BCUT2D eigenvalue weighted by Crippen LogP contribution is 2.51. The van der Waals surface area contributed by atoms with Crippen LogP contribution in [0.1, 0.15) is 53.1 Å². The highest BCUT2D eigenvalue weighted by Gasteiger charge is 2.52. The number of hydrogen-bond donors (Lipinski definition) is 3. The summed E-state index contributed by atoms with van der Waals surface area (Å²) < 4.78 is 26.4. The zero-order chi connectivity index (χ0) is 28.4. The Morgan fingerprint density at radius 1 is 1.23 bits per heavy atom. The molecule has 212 valence electrons. The number of halogens is 1. The summed E-state index contributed by atoms with van der Waals surface area (Å²) in [6.45, 7) is -0.393. The van der Waals surface area contributed by atoms with E-state index in [1.807, 2.05) is 0 Å². The van der Waals surface area contributed by atoms with Crippen LogP contribution in [0.5, 0.6) is 11.5 Å². The van der Waals surface area contributed by atoms with Crippen molar-refractivity contribution in [2.75, 3.05) is 20.3 Å². The van der Waals surface area contributed by atoms with E-state index in [0.29, 0.717) is 36.0 Å². The normalized spacial score (nSPS) is 23.4. The summed E-state index contributed by atoms with van der Waals surface area (Å²) in [5.41, 5.74) is 1.31. The topological polar surface area (TPSA) is 125 Å². The summed E-state index contributed by atoms with van der Waals surface area (Å²) in [5, 5.41) is 23.7. The molecule has 0 saturated heterocycles. The van der Waals surface area contributed by atoms with Crippen molar-refractivity contribution in [3.05, 3.63) is 70.6 Å². The monoisotopic (exact) mass is 552 g/mol. The predicted octanol–water partition coefficient (Wildman–Crippen LogP) is 2.49. The summed E-state index contributed by atoms with van der Waals surface area (Å²) in [5.74, 6) is -1.67. The number of carbonyl (C=O) groups excluding carboxylic acids is 3. The molecule has 0 radical (unpaired) electrons. The second-order valence-electron chi connectivity index (χ2n) is 10.4. The van der Waals surface area contributed by atoms with Crippen LogP contribution in [-0.4, -0.2) is 71.7 Å². The van der Waals surface area contributed by atoms with Gasteiger partial charge in [-0.05, 0) is 37.1 Å². The molecule has 0 aromatic heterocycles. The number of methoxy groups -OCH3 is 1. The minimum atomic E-state index is -1.28. The molecule has 1 aliphatic heterocycles. The Balaban J connectivity index is 1.61. The number of carbonyl (C=O) groups is 3. The minimum absolute atomic E-state index is 0.00780. The second-order valence-corrected chi connectivity index (χ2v) is 10.4. The van der Waals surface area contributed by atoms with Crippen LogP contribution in [-0.2, 0) is 16.1 Å². The van der Waals surface area contributed by atoms with E-state index in [1.165, 1.54) is 24.1 Å². The van der Waals surface area contributed by atoms with Gasteiger partial charge in [0.1, 0.15) is 24.3 Å². The van der Waals surface area contributed by atoms with Gasteiger partial charge in [-0.25, -0.2) is 4.39 Å². The first-order valence-electron chi connectivity index (χ1n) is 13.5. The summed E-state index contributed by atoms with van der Waals surface area (Å²) in [6.07, 6.45) is 3.14. The first-order valence-corrected chi connectivity index (χ1v) is 13.5. The molecule has 1 saturated carbocycles. The van der Waals surface area contributed by atoms with Gasteiger partial charge in [-0.2, -0.15) is 0 Å². The van der Waals surface area contributed by atoms with Gasteiger partial charge in [0.15, 0.2) is 11.5 Å². The van der Waals surface area contributed by atoms with Gasteiger partial charge in [0, 0.05) is 41.3 Å². The molecular weight excluding hydrogens is 519 g/mol. The Morgan fingerprint density at radius 3 is 2.65 bits per heavy atom. The van der Waals surface area contributed by atoms with Crippen molar-refractivity contribution in [3.8, 4) is 11.5 Å². The van der Waals surface area contributed by atoms with Crippen molar-refractivity contribution in [1.82, 2.24) is 10.2 Å². The van der Waals surface area contributed by atoms with E-state index < -0.39 is 35.9 Å². The number of ether oxygens (including phenoxy) is 2. The number of amides is 2. The molecule has 1 heterocycles. The highest BCUT2D eigenvalue weighted by molar-refractivity contribution is 5.96. The van der Waals surface area contributed by atoms with E-state index in [-0.39, 0.29) is 48.4 Å². The maximum atomic E-state index is 14.8. The lowest BCUT2D eigenvalue weighted by molar-refractivity contribution is -0.142. The number of nitrogens with one attached hydrogen (secondary N) is 1. The van der Waals surface area contributed by atoms with Crippen LogP contribution in [0.15, 0.2) is 48.0 Å². The molecule has 5 rings (SSSR count). The largest absolute Gasteiger partial charge is 0.493 e. The number of fused-ring (bicyclic) bond motifs is 3. The van der Waals surface area contributed by atoms with Gasteiger partial charge in [0.2, 0.25) is 11.8 Å². The van der Waals surface area contributed by atoms with E-state index in [1.54, 1.807) is 30.3 Å². The molecule has 2 aromatic carbocycles. The van der Waals surface area contributed by atoms with Crippen molar-refractivity contribution in [2.45, 2.75) is 56.4 Å². The van der Waals surface area contributed by atoms with Crippen LogP contribution in [0.25, 0.3) is 0 Å². The van der Waals surface area contributed by atoms with Gasteiger partial charge in [-0.1, -0.05) is 31.0 Å². The van der Waals surface area contributed by atoms with Gasteiger partial charge in [0.05, 0.1) is 25.7 Å². The fourth-order valence-electron chi connectivity index (χ4n) is 6.11. The van der Waals surface area contributed by atoms with Crippen LogP contribution in [0.2, 0.25) is 0 Å². The van der Waals surface area contributed by atoms with Crippen LogP contribution in [0, 0.1) is 11.7 Å². The molecule has 0 unspecified atom stereocenters. The van der Waals surface area contributed by atoms with Crippen molar-refractivity contribution in [3.63, 3.8) is 0 Å². The van der Waals surface area contributed by atoms with Crippen LogP contribution >= 0.6 is 0 Å². The zero-order valence-electron chi connectivity index (χ0n) is 22.2. The van der Waals surface area contributed by atoms with Gasteiger partial charge >= 0.3 is 0 Å². The predicted molar refractivity (Wildman–Crippen MR) is 142 cm³/mol. The number of benzene rings is 2. The zero-order valence-corrected chi connectivity index (χ0v) is 22.2. The molecule has 0 bridgehead atoms. The minimum Gasteiger partial charge on any atom is -0.493 e. The summed E-state index contributed by atoms with van der Waals surface area (Å²) >= 11 is 0. The smallest absolute Gasteiger partial charge is 0.247 e. The van der Waals surface area contributed by atoms with Crippen molar-refractivity contribution < 1.29 is 38.5 Å². The lowest BCUT2D eigenvalue weighted by Gasteiger charge is -2.41. The summed E-state index contributed by atoms with van der Waals surface area (Å²) in [6, 6.07) is 8.26. The summed E-state index contributed by atoms with van der Waals surface area (Å²) in [7, 11) is 1.43. The first-order chi connectivity index (χ1) is 19.4. The molecule has 3 aliphatic rings. The summed E-state index contributed by atoms with van der Waals surface area (Å²) in [4.78, 5) is 40.4. The fraction of sp³-hybridized carbons (Fsp3) is 0.433. The number of aliphatic hydroxyl groups is 2. The Labute approximate surface area is 231 Å². The molecule has 0 spiro atoms. The fourth-order valence-corrected chi connectivity index (χ4v) is 6.11. The molecule has 2 aromatic rings. The van der Waals surface area contributed by atoms with Gasteiger partial charge in [0.25, 0.3) is 0 Å². The van der Waals surface area contributed by atoms with E-state index >= 15 is 0 Å². The quantitative estimate of drug-likeness (QED) is 0.408. The number of aldehydes is 1. The molecule has 3 N–H and O–H groups in total. The standard InChI is InChI=1S/C30H33FN2O7/c1-39-24-13-17(16-35)12-20-25-21(29(37)32-10-11-34)14-23(26(36)28(25)40-27(20)24)33(30(38)18-6-2-3-7-18)15-19-8-4-5-9-22(19)31/h4-5,8-9,12-14,16,18,23,25-26,28,34,36H,2-3,6-7,10-11,15H2,1H3,(H,32,37)/t23-,25+,26+,28+/m1/s1. The van der Waals surface area contributed by atoms with Crippen molar-refractivity contribution in [2.24, 2.45) is 5.92 Å². The Hall–Kier alpha value is -3.76. The SMILES string of the molecule is COc1cc(C=O)cc2c1O[C@@H]1[C@@H](O)[C@H](N(Cc3ccccc3F)C(=O)C3CCCC3)C=C(C(=O)NCCO)[C@H]21. The maximum Gasteiger partial charge on any atom is 0.247 e. The highest BCUT2D eigenvalue weighted by atomic mass is 19.1. The molecule has 9 nitrogen and oxygen atoms in total. The van der Waals surface area contributed by atoms with Gasteiger partial charge in [-0.3, -0.25) is 14.4 Å². The Bertz CT molecular complexity index is 1320. The molecular formula is C30H33FN2O7. The van der Waals surface area contributed by atoms with Crippen LogP contribution < -0.4 is 14.8 Å². The second kappa shape index (κ2) is 11.8. The molecule has 1 fully saturated rings. The third-order valence-corrected chi connectivity index (χ3v) is 8.06. The molecule has 40 heavy (non-hydrogen) atoms. The van der Waals surface area contributed by atoms with E-state index in [0.717, 1.165) is 12.8 Å². The molecule has 4 atom stereocenters. The number of aliphatic hydroxyl groups excluding tert-OH is 2. The number of nitrogens with zero attached hydrogens (tertiary/aromatic N) is 1. The van der Waals surface area contributed by atoms with Crippen LogP contribution in [0.4, 0.5) is 4.39 Å². The number of rotatable bonds is 9. The van der Waals surface area contributed by atoms with Crippen molar-refractivity contribution >= 4 is 18.1 Å². The average Bonchev–Trinajstić information content (AvgIpc) is 3.64. The number of hydrogen-bond acceptors (Lipinski definition) is 7. The third kappa shape index (κ3) is 5.09. The Morgan fingerprint density at radius 2 is 1.98 bits per heavy atom. The van der Waals surface area contributed by atoms with Gasteiger partial charge < -0.3 is 29.9 Å². The lowest BCUT2D eigenvalue weighted by Crippen LogP contribution is -2.56. The first kappa shape index (κ1) is 27.8. The maximum absolute atomic E-state index is 14.8. The Kier molecular flexibility index (Phi) is 8.18. The average molecular weight is 553 g/mol. The van der Waals surface area contributed by atoms with E-state index in [2.05, 4.69) is 5.32 Å². The van der Waals surface area contributed by atoms with Crippen molar-refractivity contribution in [1.29, 1.82) is 0 Å². The van der Waals surface area contributed by atoms with Gasteiger partial charge in [-0.15, -0.1) is 0 Å². The molecule has 2 aliphatic carbocycles. The van der Waals surface area contributed by atoms with E-state index in [4.69, 9.17) is 9.47 Å². The van der Waals surface area contributed by atoms with Crippen LogP contribution in [0.3, 0.4) is 0 Å². The van der Waals surface area contributed by atoms with E-state index in [9.17, 15) is 29.0 Å². The third-order valence-electron chi connectivity index (χ3n) is 8.06. The molecule has 10 heteroatoms. The molecule has 2 amide bonds. The lowest BCUT2D eigenvalue weighted by atomic mass is 9.77.